The summed E-state index contributed by atoms with van der Waals surface area (Å²) in [4.78, 5) is 14.5. The van der Waals surface area contributed by atoms with Crippen molar-refractivity contribution in [2.24, 2.45) is 0 Å². The summed E-state index contributed by atoms with van der Waals surface area (Å²) in [5.74, 6) is 0.691. The van der Waals surface area contributed by atoms with Gasteiger partial charge in [0, 0.05) is 49.3 Å². The highest BCUT2D eigenvalue weighted by Gasteiger charge is 2.14. The van der Waals surface area contributed by atoms with Gasteiger partial charge in [-0.1, -0.05) is 146 Å². The number of rotatable bonds is 6. The molecule has 9 aromatic rings. The lowest BCUT2D eigenvalue weighted by Gasteiger charge is -2.11. The molecule has 49 heavy (non-hydrogen) atoms. The lowest BCUT2D eigenvalue weighted by Crippen LogP contribution is -1.96. The van der Waals surface area contributed by atoms with Gasteiger partial charge in [0.2, 0.25) is 0 Å². The average Bonchev–Trinajstić information content (AvgIpc) is 3.58. The summed E-state index contributed by atoms with van der Waals surface area (Å²) in [6.07, 6.45) is 3.68. The van der Waals surface area contributed by atoms with Crippen LogP contribution in [0, 0.1) is 0 Å². The smallest absolute Gasteiger partial charge is 0.160 e. The zero-order valence-corrected chi connectivity index (χ0v) is 27.3. The maximum Gasteiger partial charge on any atom is 0.160 e. The fraction of sp³-hybridized carbons (Fsp3) is 0. The molecule has 0 N–H and O–H groups in total. The fourth-order valence-corrected chi connectivity index (χ4v) is 7.71. The Hall–Kier alpha value is -6.23. The van der Waals surface area contributed by atoms with Crippen LogP contribution in [0.15, 0.2) is 176 Å². The summed E-state index contributed by atoms with van der Waals surface area (Å²) in [6.45, 7) is 0. The van der Waals surface area contributed by atoms with Gasteiger partial charge in [0.05, 0.1) is 11.4 Å². The van der Waals surface area contributed by atoms with E-state index in [2.05, 4.69) is 157 Å². The van der Waals surface area contributed by atoms with Crippen LogP contribution in [0.3, 0.4) is 0 Å². The van der Waals surface area contributed by atoms with Crippen LogP contribution in [0.25, 0.3) is 87.5 Å². The Morgan fingerprint density at radius 3 is 1.63 bits per heavy atom. The first kappa shape index (κ1) is 29.0. The van der Waals surface area contributed by atoms with Crippen molar-refractivity contribution < 1.29 is 0 Å². The van der Waals surface area contributed by atoms with E-state index in [1.807, 2.05) is 29.7 Å². The van der Waals surface area contributed by atoms with Crippen molar-refractivity contribution in [2.45, 2.75) is 0 Å². The molecule has 4 heteroatoms. The zero-order chi connectivity index (χ0) is 32.6. The average molecular weight is 644 g/mol. The Morgan fingerprint density at radius 2 is 0.939 bits per heavy atom. The monoisotopic (exact) mass is 643 g/mol. The number of thiophene rings is 1. The van der Waals surface area contributed by atoms with Crippen LogP contribution in [0.5, 0.6) is 0 Å². The predicted octanol–water partition coefficient (Wildman–Crippen LogP) is 12.2. The van der Waals surface area contributed by atoms with Gasteiger partial charge in [-0.2, -0.15) is 0 Å². The fourth-order valence-electron chi connectivity index (χ4n) is 6.48. The molecule has 3 nitrogen and oxygen atoms in total. The van der Waals surface area contributed by atoms with Gasteiger partial charge in [0.1, 0.15) is 0 Å². The van der Waals surface area contributed by atoms with Crippen molar-refractivity contribution in [2.75, 3.05) is 0 Å². The molecule has 0 bridgehead atoms. The Balaban J connectivity index is 1.12. The number of fused-ring (bicyclic) bond motifs is 3. The molecule has 230 valence electrons. The minimum absolute atomic E-state index is 0.691. The molecule has 0 unspecified atom stereocenters. The topological polar surface area (TPSA) is 38.7 Å². The van der Waals surface area contributed by atoms with Crippen LogP contribution in [0.2, 0.25) is 0 Å². The Kier molecular flexibility index (Phi) is 7.34. The summed E-state index contributed by atoms with van der Waals surface area (Å²) >= 11 is 1.86. The third kappa shape index (κ3) is 5.58. The molecular weight excluding hydrogens is 615 g/mol. The van der Waals surface area contributed by atoms with E-state index in [9.17, 15) is 0 Å². The van der Waals surface area contributed by atoms with Crippen molar-refractivity contribution >= 4 is 31.5 Å². The number of aromatic nitrogens is 3. The molecule has 9 rings (SSSR count). The van der Waals surface area contributed by atoms with Crippen LogP contribution in [0.4, 0.5) is 0 Å². The second-order valence-corrected chi connectivity index (χ2v) is 13.1. The minimum Gasteiger partial charge on any atom is -0.264 e. The van der Waals surface area contributed by atoms with Gasteiger partial charge in [0.15, 0.2) is 5.82 Å². The first-order chi connectivity index (χ1) is 24.3. The van der Waals surface area contributed by atoms with Crippen molar-refractivity contribution in [1.29, 1.82) is 0 Å². The van der Waals surface area contributed by atoms with Gasteiger partial charge in [-0.05, 0) is 51.6 Å². The normalized spacial score (nSPS) is 11.3. The van der Waals surface area contributed by atoms with Gasteiger partial charge >= 0.3 is 0 Å². The molecule has 0 amide bonds. The Labute approximate surface area is 288 Å². The van der Waals surface area contributed by atoms with Crippen LogP contribution in [0.1, 0.15) is 0 Å². The second kappa shape index (κ2) is 12.4. The lowest BCUT2D eigenvalue weighted by molar-refractivity contribution is 1.18. The number of pyridine rings is 1. The number of nitrogens with zero attached hydrogens (tertiary/aromatic N) is 3. The minimum atomic E-state index is 0.691. The molecule has 0 radical (unpaired) electrons. The number of hydrogen-bond donors (Lipinski definition) is 0. The van der Waals surface area contributed by atoms with Crippen molar-refractivity contribution in [1.82, 2.24) is 15.0 Å². The van der Waals surface area contributed by atoms with E-state index < -0.39 is 0 Å². The van der Waals surface area contributed by atoms with E-state index in [1.165, 1.54) is 42.4 Å². The van der Waals surface area contributed by atoms with Gasteiger partial charge in [-0.25, -0.2) is 9.97 Å². The molecule has 3 aromatic heterocycles. The van der Waals surface area contributed by atoms with Crippen molar-refractivity contribution in [3.8, 4) is 67.3 Å². The van der Waals surface area contributed by atoms with E-state index in [4.69, 9.17) is 9.97 Å². The molecule has 0 aliphatic rings. The Morgan fingerprint density at radius 1 is 0.388 bits per heavy atom. The quantitative estimate of drug-likeness (QED) is 0.181. The SMILES string of the molecule is c1ccc(-c2ccc(-c3cc(-c4ccc(-c5cccc6c5sc5ccccc56)cc4)nc(-c4ccc(-c5cccnc5)cc4)n3)cc2)cc1. The van der Waals surface area contributed by atoms with Crippen molar-refractivity contribution in [3.05, 3.63) is 176 Å². The molecular formula is C45H29N3S. The van der Waals surface area contributed by atoms with E-state index in [0.29, 0.717) is 5.82 Å². The molecule has 0 aliphatic heterocycles. The Bertz CT molecular complexity index is 2460. The molecule has 0 atom stereocenters. The van der Waals surface area contributed by atoms with E-state index in [0.717, 1.165) is 39.2 Å². The van der Waals surface area contributed by atoms with E-state index >= 15 is 0 Å². The number of benzene rings is 6. The summed E-state index contributed by atoms with van der Waals surface area (Å²) < 4.78 is 2.63. The van der Waals surface area contributed by atoms with E-state index in [1.54, 1.807) is 6.20 Å². The van der Waals surface area contributed by atoms with Crippen molar-refractivity contribution in [3.63, 3.8) is 0 Å². The van der Waals surface area contributed by atoms with Crippen LogP contribution < -0.4 is 0 Å². The van der Waals surface area contributed by atoms with Gasteiger partial charge in [0.25, 0.3) is 0 Å². The first-order valence-corrected chi connectivity index (χ1v) is 17.2. The van der Waals surface area contributed by atoms with Crippen LogP contribution >= 0.6 is 11.3 Å². The largest absolute Gasteiger partial charge is 0.264 e. The third-order valence-corrected chi connectivity index (χ3v) is 10.3. The highest BCUT2D eigenvalue weighted by Crippen LogP contribution is 2.40. The summed E-state index contributed by atoms with van der Waals surface area (Å²) in [7, 11) is 0. The molecule has 0 aliphatic carbocycles. The van der Waals surface area contributed by atoms with Gasteiger partial charge < -0.3 is 0 Å². The molecule has 3 heterocycles. The van der Waals surface area contributed by atoms with Crippen LogP contribution in [-0.2, 0) is 0 Å². The summed E-state index contributed by atoms with van der Waals surface area (Å²) in [5, 5.41) is 2.62. The molecule has 0 saturated carbocycles. The zero-order valence-electron chi connectivity index (χ0n) is 26.5. The maximum absolute atomic E-state index is 5.13. The van der Waals surface area contributed by atoms with E-state index in [-0.39, 0.29) is 0 Å². The van der Waals surface area contributed by atoms with Crippen LogP contribution in [-0.4, -0.2) is 15.0 Å². The highest BCUT2D eigenvalue weighted by molar-refractivity contribution is 7.26. The molecule has 0 fully saturated rings. The second-order valence-electron chi connectivity index (χ2n) is 12.1. The molecule has 6 aromatic carbocycles. The summed E-state index contributed by atoms with van der Waals surface area (Å²) in [5.41, 5.74) is 11.8. The standard InChI is InChI=1S/C45H29N3S/c1-2-8-30(9-3-1)31-15-21-34(22-16-31)41-28-42(48-45(47-41)36-25-17-32(18-26-36)37-10-7-27-46-29-37)35-23-19-33(20-24-35)38-12-6-13-40-39-11-4-5-14-43(39)49-44(38)40/h1-29H. The lowest BCUT2D eigenvalue weighted by atomic mass is 9.99. The highest BCUT2D eigenvalue weighted by atomic mass is 32.1. The predicted molar refractivity (Wildman–Crippen MR) is 205 cm³/mol. The molecule has 0 spiro atoms. The summed E-state index contributed by atoms with van der Waals surface area (Å²) in [6, 6.07) is 57.7. The molecule has 0 saturated heterocycles. The van der Waals surface area contributed by atoms with Gasteiger partial charge in [-0.3, -0.25) is 4.98 Å². The maximum atomic E-state index is 5.13. The number of hydrogen-bond acceptors (Lipinski definition) is 4. The van der Waals surface area contributed by atoms with Gasteiger partial charge in [-0.15, -0.1) is 11.3 Å². The third-order valence-electron chi connectivity index (χ3n) is 9.05. The first-order valence-electron chi connectivity index (χ1n) is 16.3.